The van der Waals surface area contributed by atoms with Crippen LogP contribution in [0.1, 0.15) is 64.5 Å². The Hall–Kier alpha value is -1.08. The molecule has 0 aliphatic carbocycles. The van der Waals surface area contributed by atoms with Crippen LogP contribution >= 0.6 is 0 Å². The molecule has 0 fully saturated rings. The number of allylic oxidation sites excluding steroid dienone is 1. The smallest absolute Gasteiger partial charge is 0.0519 e. The first kappa shape index (κ1) is 17.0. The molecular formula is C19H30O. The zero-order chi connectivity index (χ0) is 15.0. The zero-order valence-electron chi connectivity index (χ0n) is 13.7. The van der Waals surface area contributed by atoms with Crippen molar-refractivity contribution in [3.63, 3.8) is 0 Å². The number of benzene rings is 1. The maximum atomic E-state index is 5.64. The fourth-order valence-corrected chi connectivity index (χ4v) is 2.06. The van der Waals surface area contributed by atoms with Gasteiger partial charge in [-0.15, -0.1) is 0 Å². The van der Waals surface area contributed by atoms with E-state index in [1.165, 1.54) is 17.5 Å². The predicted molar refractivity (Wildman–Crippen MR) is 89.1 cm³/mol. The molecule has 0 radical (unpaired) electrons. The van der Waals surface area contributed by atoms with Gasteiger partial charge in [-0.2, -0.15) is 0 Å². The van der Waals surface area contributed by atoms with Gasteiger partial charge in [0.15, 0.2) is 0 Å². The monoisotopic (exact) mass is 274 g/mol. The molecule has 0 N–H and O–H groups in total. The third-order valence-electron chi connectivity index (χ3n) is 3.43. The molecule has 0 saturated heterocycles. The first-order valence-electron chi connectivity index (χ1n) is 7.87. The molecule has 0 spiro atoms. The van der Waals surface area contributed by atoms with E-state index < -0.39 is 0 Å². The van der Waals surface area contributed by atoms with Crippen LogP contribution in [0.3, 0.4) is 0 Å². The largest absolute Gasteiger partial charge is 0.379 e. The van der Waals surface area contributed by atoms with E-state index in [9.17, 15) is 0 Å². The summed E-state index contributed by atoms with van der Waals surface area (Å²) in [6, 6.07) is 8.81. The van der Waals surface area contributed by atoms with Gasteiger partial charge in [-0.3, -0.25) is 0 Å². The average Bonchev–Trinajstić information content (AvgIpc) is 2.41. The van der Waals surface area contributed by atoms with Crippen molar-refractivity contribution < 1.29 is 4.74 Å². The highest BCUT2D eigenvalue weighted by Gasteiger charge is 2.02. The minimum atomic E-state index is 0.340. The summed E-state index contributed by atoms with van der Waals surface area (Å²) in [5.41, 5.74) is 2.72. The zero-order valence-corrected chi connectivity index (χ0v) is 13.7. The average molecular weight is 274 g/mol. The van der Waals surface area contributed by atoms with Gasteiger partial charge < -0.3 is 4.74 Å². The highest BCUT2D eigenvalue weighted by atomic mass is 16.5. The highest BCUT2D eigenvalue weighted by molar-refractivity contribution is 5.50. The fraction of sp³-hybridized carbons (Fsp3) is 0.579. The van der Waals surface area contributed by atoms with E-state index in [1.807, 2.05) is 0 Å². The molecule has 1 aromatic carbocycles. The minimum absolute atomic E-state index is 0.340. The van der Waals surface area contributed by atoms with Crippen LogP contribution in [0.5, 0.6) is 0 Å². The second kappa shape index (κ2) is 8.97. The summed E-state index contributed by atoms with van der Waals surface area (Å²) >= 11 is 0. The molecule has 1 nitrogen and oxygen atoms in total. The predicted octanol–water partition coefficient (Wildman–Crippen LogP) is 5.66. The summed E-state index contributed by atoms with van der Waals surface area (Å²) in [7, 11) is 0. The molecule has 0 saturated carbocycles. The van der Waals surface area contributed by atoms with Gasteiger partial charge in [0.2, 0.25) is 0 Å². The van der Waals surface area contributed by atoms with Crippen molar-refractivity contribution in [1.29, 1.82) is 0 Å². The van der Waals surface area contributed by atoms with E-state index in [-0.39, 0.29) is 0 Å². The quantitative estimate of drug-likeness (QED) is 0.594. The van der Waals surface area contributed by atoms with Crippen molar-refractivity contribution in [1.82, 2.24) is 0 Å². The lowest BCUT2D eigenvalue weighted by Gasteiger charge is -2.13. The summed E-state index contributed by atoms with van der Waals surface area (Å²) in [4.78, 5) is 0. The number of ether oxygens (including phenoxy) is 1. The summed E-state index contributed by atoms with van der Waals surface area (Å²) in [5.74, 6) is 1.22. The van der Waals surface area contributed by atoms with Crippen LogP contribution in [0, 0.1) is 5.92 Å². The van der Waals surface area contributed by atoms with E-state index in [0.717, 1.165) is 13.0 Å². The van der Waals surface area contributed by atoms with Crippen molar-refractivity contribution in [2.45, 2.75) is 59.5 Å². The van der Waals surface area contributed by atoms with Gasteiger partial charge in [0.1, 0.15) is 0 Å². The molecule has 0 heterocycles. The van der Waals surface area contributed by atoms with Crippen LogP contribution < -0.4 is 0 Å². The summed E-state index contributed by atoms with van der Waals surface area (Å²) in [6.45, 7) is 11.8. The second-order valence-corrected chi connectivity index (χ2v) is 6.29. The normalized spacial score (nSPS) is 13.6. The first-order chi connectivity index (χ1) is 9.49. The van der Waals surface area contributed by atoms with Gasteiger partial charge in [0.25, 0.3) is 0 Å². The van der Waals surface area contributed by atoms with Crippen LogP contribution in [0.25, 0.3) is 6.08 Å². The fourth-order valence-electron chi connectivity index (χ4n) is 2.06. The molecule has 0 aliphatic rings. The minimum Gasteiger partial charge on any atom is -0.379 e. The first-order valence-corrected chi connectivity index (χ1v) is 7.87. The van der Waals surface area contributed by atoms with Gasteiger partial charge in [-0.05, 0) is 49.7 Å². The Morgan fingerprint density at radius 1 is 1.10 bits per heavy atom. The Labute approximate surface area is 125 Å². The number of hydrogen-bond donors (Lipinski definition) is 0. The maximum absolute atomic E-state index is 5.64. The molecule has 1 heteroatoms. The summed E-state index contributed by atoms with van der Waals surface area (Å²) in [5, 5.41) is 0. The van der Waals surface area contributed by atoms with Crippen LogP contribution in [0.2, 0.25) is 0 Å². The van der Waals surface area contributed by atoms with Gasteiger partial charge in [-0.1, -0.05) is 57.2 Å². The van der Waals surface area contributed by atoms with Gasteiger partial charge in [0, 0.05) is 6.61 Å². The Morgan fingerprint density at radius 3 is 2.50 bits per heavy atom. The lowest BCUT2D eigenvalue weighted by molar-refractivity contribution is 0.0536. The Morgan fingerprint density at radius 2 is 1.85 bits per heavy atom. The van der Waals surface area contributed by atoms with Crippen molar-refractivity contribution >= 4 is 6.08 Å². The molecule has 20 heavy (non-hydrogen) atoms. The van der Waals surface area contributed by atoms with Crippen molar-refractivity contribution in [2.75, 3.05) is 6.61 Å². The second-order valence-electron chi connectivity index (χ2n) is 6.29. The Kier molecular flexibility index (Phi) is 7.61. The molecule has 1 aromatic rings. The number of rotatable bonds is 8. The van der Waals surface area contributed by atoms with Crippen LogP contribution in [0.15, 0.2) is 30.3 Å². The van der Waals surface area contributed by atoms with E-state index >= 15 is 0 Å². The topological polar surface area (TPSA) is 9.23 Å². The Bertz CT molecular complexity index is 404. The molecule has 0 aromatic heterocycles. The highest BCUT2D eigenvalue weighted by Crippen LogP contribution is 2.17. The van der Waals surface area contributed by atoms with Crippen molar-refractivity contribution in [3.8, 4) is 0 Å². The summed E-state index contributed by atoms with van der Waals surface area (Å²) in [6.07, 6.45) is 7.17. The van der Waals surface area contributed by atoms with Crippen LogP contribution in [0.4, 0.5) is 0 Å². The third kappa shape index (κ3) is 6.91. The van der Waals surface area contributed by atoms with Gasteiger partial charge in [0.05, 0.1) is 6.10 Å². The lowest BCUT2D eigenvalue weighted by atomic mass is 10.0. The van der Waals surface area contributed by atoms with Crippen LogP contribution in [-0.2, 0) is 4.74 Å². The molecule has 112 valence electrons. The molecule has 0 amide bonds. The molecule has 1 atom stereocenters. The summed E-state index contributed by atoms with van der Waals surface area (Å²) < 4.78 is 5.64. The lowest BCUT2D eigenvalue weighted by Crippen LogP contribution is -2.10. The maximum Gasteiger partial charge on any atom is 0.0519 e. The molecule has 0 bridgehead atoms. The van der Waals surface area contributed by atoms with Crippen molar-refractivity contribution in [3.05, 3.63) is 41.5 Å². The molecular weight excluding hydrogens is 244 g/mol. The van der Waals surface area contributed by atoms with Gasteiger partial charge >= 0.3 is 0 Å². The standard InChI is InChI=1S/C19H30O/c1-15(2)19-12-8-11-18(13-19)10-7-6-9-17(5)14-20-16(3)4/h7-8,10-13,15-17H,6,9,14H2,1-5H3/b10-7+/t17-/m0/s1. The molecule has 0 unspecified atom stereocenters. The molecule has 1 rings (SSSR count). The number of hydrogen-bond acceptors (Lipinski definition) is 1. The SMILES string of the molecule is CC(C)OC[C@@H](C)CC/C=C/c1cccc(C(C)C)c1. The van der Waals surface area contributed by atoms with E-state index in [0.29, 0.717) is 17.9 Å². The molecule has 0 aliphatic heterocycles. The van der Waals surface area contributed by atoms with E-state index in [4.69, 9.17) is 4.74 Å². The van der Waals surface area contributed by atoms with Gasteiger partial charge in [-0.25, -0.2) is 0 Å². The Balaban J connectivity index is 2.36. The van der Waals surface area contributed by atoms with Crippen LogP contribution in [-0.4, -0.2) is 12.7 Å². The van der Waals surface area contributed by atoms with E-state index in [2.05, 4.69) is 71.0 Å². The van der Waals surface area contributed by atoms with Crippen molar-refractivity contribution in [2.24, 2.45) is 5.92 Å². The third-order valence-corrected chi connectivity index (χ3v) is 3.43. The van der Waals surface area contributed by atoms with E-state index in [1.54, 1.807) is 0 Å².